The SMILES string of the molecule is CC(COCc1ccccc1)NC(=O)CC1CC2CCC(C1)N2. The second-order valence-corrected chi connectivity index (χ2v) is 7.15. The van der Waals surface area contributed by atoms with E-state index in [0.717, 1.165) is 18.4 Å². The third-order valence-corrected chi connectivity index (χ3v) is 4.93. The molecule has 2 N–H and O–H groups in total. The molecule has 2 saturated heterocycles. The Morgan fingerprint density at radius 3 is 2.65 bits per heavy atom. The molecule has 0 saturated carbocycles. The second-order valence-electron chi connectivity index (χ2n) is 7.15. The van der Waals surface area contributed by atoms with Crippen molar-refractivity contribution in [2.24, 2.45) is 5.92 Å². The first-order valence-corrected chi connectivity index (χ1v) is 8.86. The highest BCUT2D eigenvalue weighted by Crippen LogP contribution is 2.32. The number of carbonyl (C=O) groups is 1. The Labute approximate surface area is 139 Å². The Kier molecular flexibility index (Phi) is 5.68. The lowest BCUT2D eigenvalue weighted by molar-refractivity contribution is -0.123. The Balaban J connectivity index is 1.33. The van der Waals surface area contributed by atoms with Gasteiger partial charge in [0.1, 0.15) is 0 Å². The average Bonchev–Trinajstić information content (AvgIpc) is 2.87. The second kappa shape index (κ2) is 7.93. The molecule has 2 bridgehead atoms. The zero-order chi connectivity index (χ0) is 16.1. The summed E-state index contributed by atoms with van der Waals surface area (Å²) in [5, 5.41) is 6.71. The number of rotatable bonds is 7. The summed E-state index contributed by atoms with van der Waals surface area (Å²) in [5.74, 6) is 0.721. The van der Waals surface area contributed by atoms with Crippen LogP contribution in [-0.2, 0) is 16.1 Å². The standard InChI is InChI=1S/C19H28N2O2/c1-14(12-23-13-15-5-3-2-4-6-15)20-19(22)11-16-9-17-7-8-18(10-16)21-17/h2-6,14,16-18,21H,7-13H2,1H3,(H,20,22). The van der Waals surface area contributed by atoms with Crippen molar-refractivity contribution >= 4 is 5.91 Å². The third kappa shape index (κ3) is 5.05. The van der Waals surface area contributed by atoms with Gasteiger partial charge in [-0.3, -0.25) is 4.79 Å². The van der Waals surface area contributed by atoms with Gasteiger partial charge in [0.2, 0.25) is 5.91 Å². The number of nitrogens with one attached hydrogen (secondary N) is 2. The molecule has 1 aromatic carbocycles. The van der Waals surface area contributed by atoms with E-state index >= 15 is 0 Å². The van der Waals surface area contributed by atoms with Gasteiger partial charge in [0.25, 0.3) is 0 Å². The summed E-state index contributed by atoms with van der Waals surface area (Å²) in [6.45, 7) is 3.16. The van der Waals surface area contributed by atoms with Gasteiger partial charge in [-0.2, -0.15) is 0 Å². The van der Waals surface area contributed by atoms with Crippen molar-refractivity contribution < 1.29 is 9.53 Å². The fourth-order valence-corrected chi connectivity index (χ4v) is 3.91. The predicted molar refractivity (Wildman–Crippen MR) is 91.0 cm³/mol. The minimum Gasteiger partial charge on any atom is -0.375 e. The molecule has 4 nitrogen and oxygen atoms in total. The number of hydrogen-bond donors (Lipinski definition) is 2. The maximum atomic E-state index is 12.2. The molecule has 23 heavy (non-hydrogen) atoms. The zero-order valence-electron chi connectivity index (χ0n) is 14.0. The van der Waals surface area contributed by atoms with Gasteiger partial charge in [-0.15, -0.1) is 0 Å². The number of hydrogen-bond acceptors (Lipinski definition) is 3. The number of fused-ring (bicyclic) bond motifs is 2. The smallest absolute Gasteiger partial charge is 0.220 e. The van der Waals surface area contributed by atoms with Crippen molar-refractivity contribution in [2.75, 3.05) is 6.61 Å². The average molecular weight is 316 g/mol. The molecule has 3 atom stereocenters. The van der Waals surface area contributed by atoms with Crippen LogP contribution in [0, 0.1) is 5.92 Å². The summed E-state index contributed by atoms with van der Waals surface area (Å²) in [5.41, 5.74) is 1.16. The van der Waals surface area contributed by atoms with Crippen LogP contribution in [0.2, 0.25) is 0 Å². The van der Waals surface area contributed by atoms with E-state index < -0.39 is 0 Å². The molecule has 2 heterocycles. The monoisotopic (exact) mass is 316 g/mol. The van der Waals surface area contributed by atoms with Gasteiger partial charge in [0.15, 0.2) is 0 Å². The molecule has 4 heteroatoms. The van der Waals surface area contributed by atoms with Crippen LogP contribution in [0.5, 0.6) is 0 Å². The van der Waals surface area contributed by atoms with Gasteiger partial charge >= 0.3 is 0 Å². The molecule has 2 fully saturated rings. The van der Waals surface area contributed by atoms with E-state index in [0.29, 0.717) is 37.6 Å². The van der Waals surface area contributed by atoms with Crippen LogP contribution in [0.4, 0.5) is 0 Å². The highest BCUT2D eigenvalue weighted by atomic mass is 16.5. The first-order chi connectivity index (χ1) is 11.2. The molecular formula is C19H28N2O2. The molecular weight excluding hydrogens is 288 g/mol. The van der Waals surface area contributed by atoms with E-state index in [1.54, 1.807) is 0 Å². The van der Waals surface area contributed by atoms with Gasteiger partial charge in [-0.05, 0) is 44.1 Å². The molecule has 2 aliphatic heterocycles. The topological polar surface area (TPSA) is 50.4 Å². The maximum absolute atomic E-state index is 12.2. The molecule has 0 radical (unpaired) electrons. The highest BCUT2D eigenvalue weighted by molar-refractivity contribution is 5.76. The molecule has 2 aliphatic rings. The van der Waals surface area contributed by atoms with Crippen molar-refractivity contribution in [3.8, 4) is 0 Å². The van der Waals surface area contributed by atoms with Crippen molar-refractivity contribution in [1.82, 2.24) is 10.6 Å². The summed E-state index contributed by atoms with van der Waals surface area (Å²) in [6, 6.07) is 11.5. The number of carbonyl (C=O) groups excluding carboxylic acids is 1. The molecule has 0 aliphatic carbocycles. The lowest BCUT2D eigenvalue weighted by atomic mass is 9.89. The molecule has 3 unspecified atom stereocenters. The van der Waals surface area contributed by atoms with Crippen molar-refractivity contribution in [2.45, 2.75) is 63.8 Å². The van der Waals surface area contributed by atoms with E-state index in [1.165, 1.54) is 12.8 Å². The van der Waals surface area contributed by atoms with Gasteiger partial charge < -0.3 is 15.4 Å². The van der Waals surface area contributed by atoms with Crippen LogP contribution in [-0.4, -0.2) is 30.6 Å². The van der Waals surface area contributed by atoms with E-state index in [2.05, 4.69) is 22.8 Å². The number of ether oxygens (including phenoxy) is 1. The third-order valence-electron chi connectivity index (χ3n) is 4.93. The molecule has 0 aromatic heterocycles. The van der Waals surface area contributed by atoms with Crippen LogP contribution in [0.3, 0.4) is 0 Å². The number of amides is 1. The highest BCUT2D eigenvalue weighted by Gasteiger charge is 2.34. The van der Waals surface area contributed by atoms with E-state index in [9.17, 15) is 4.79 Å². The largest absolute Gasteiger partial charge is 0.375 e. The molecule has 1 amide bonds. The quantitative estimate of drug-likeness (QED) is 0.813. The Hall–Kier alpha value is -1.39. The first kappa shape index (κ1) is 16.5. The molecule has 0 spiro atoms. The van der Waals surface area contributed by atoms with E-state index in [4.69, 9.17) is 4.74 Å². The van der Waals surface area contributed by atoms with Crippen LogP contribution in [0.25, 0.3) is 0 Å². The summed E-state index contributed by atoms with van der Waals surface area (Å²) >= 11 is 0. The fraction of sp³-hybridized carbons (Fsp3) is 0.632. The Morgan fingerprint density at radius 1 is 1.26 bits per heavy atom. The van der Waals surface area contributed by atoms with Crippen LogP contribution >= 0.6 is 0 Å². The summed E-state index contributed by atoms with van der Waals surface area (Å²) in [6.07, 6.45) is 5.54. The predicted octanol–water partition coefficient (Wildman–Crippen LogP) is 2.63. The minimum absolute atomic E-state index is 0.0599. The van der Waals surface area contributed by atoms with Gasteiger partial charge in [0.05, 0.1) is 13.2 Å². The summed E-state index contributed by atoms with van der Waals surface area (Å²) in [7, 11) is 0. The minimum atomic E-state index is 0.0599. The van der Waals surface area contributed by atoms with Crippen LogP contribution in [0.15, 0.2) is 30.3 Å². The Bertz CT molecular complexity index is 493. The Morgan fingerprint density at radius 2 is 1.96 bits per heavy atom. The van der Waals surface area contributed by atoms with Crippen molar-refractivity contribution in [3.63, 3.8) is 0 Å². The normalized spacial score (nSPS) is 27.6. The van der Waals surface area contributed by atoms with Gasteiger partial charge in [-0.1, -0.05) is 30.3 Å². The zero-order valence-corrected chi connectivity index (χ0v) is 14.0. The molecule has 3 rings (SSSR count). The van der Waals surface area contributed by atoms with Crippen LogP contribution < -0.4 is 10.6 Å². The summed E-state index contributed by atoms with van der Waals surface area (Å²) < 4.78 is 5.69. The van der Waals surface area contributed by atoms with E-state index in [-0.39, 0.29) is 11.9 Å². The molecule has 1 aromatic rings. The van der Waals surface area contributed by atoms with Crippen molar-refractivity contribution in [3.05, 3.63) is 35.9 Å². The number of benzene rings is 1. The maximum Gasteiger partial charge on any atom is 0.220 e. The first-order valence-electron chi connectivity index (χ1n) is 8.86. The lowest BCUT2D eigenvalue weighted by Crippen LogP contribution is -2.41. The summed E-state index contributed by atoms with van der Waals surface area (Å²) in [4.78, 5) is 12.2. The number of piperidine rings is 1. The van der Waals surface area contributed by atoms with E-state index in [1.807, 2.05) is 25.1 Å². The fourth-order valence-electron chi connectivity index (χ4n) is 3.91. The van der Waals surface area contributed by atoms with Gasteiger partial charge in [-0.25, -0.2) is 0 Å². The van der Waals surface area contributed by atoms with Crippen molar-refractivity contribution in [1.29, 1.82) is 0 Å². The molecule has 126 valence electrons. The van der Waals surface area contributed by atoms with Crippen LogP contribution in [0.1, 0.15) is 44.6 Å². The lowest BCUT2D eigenvalue weighted by Gasteiger charge is -2.29. The van der Waals surface area contributed by atoms with Gasteiger partial charge in [0, 0.05) is 24.5 Å².